The molecular weight excluding hydrogens is 320 g/mol. The van der Waals surface area contributed by atoms with Gasteiger partial charge in [0, 0.05) is 26.4 Å². The van der Waals surface area contributed by atoms with E-state index >= 15 is 0 Å². The Morgan fingerprint density at radius 1 is 1.22 bits per heavy atom. The molecule has 3 rings (SSSR count). The smallest absolute Gasteiger partial charge is 0.273 e. The van der Waals surface area contributed by atoms with Crippen molar-refractivity contribution in [3.8, 4) is 0 Å². The van der Waals surface area contributed by atoms with Gasteiger partial charge in [0.15, 0.2) is 0 Å². The molecule has 0 unspecified atom stereocenters. The van der Waals surface area contributed by atoms with Gasteiger partial charge in [0.2, 0.25) is 5.91 Å². The van der Waals surface area contributed by atoms with Gasteiger partial charge < -0.3 is 0 Å². The molecule has 0 radical (unpaired) electrons. The molecule has 2 aliphatic rings. The van der Waals surface area contributed by atoms with Crippen LogP contribution < -0.4 is 9.03 Å². The summed E-state index contributed by atoms with van der Waals surface area (Å²) in [6.07, 6.45) is 0.861. The van der Waals surface area contributed by atoms with Crippen LogP contribution in [-0.4, -0.2) is 44.5 Å². The lowest BCUT2D eigenvalue weighted by molar-refractivity contribution is -0.130. The molecule has 0 saturated heterocycles. The van der Waals surface area contributed by atoms with Crippen LogP contribution in [0.1, 0.15) is 18.4 Å². The van der Waals surface area contributed by atoms with Crippen LogP contribution in [0.4, 0.5) is 5.69 Å². The number of hydrogen-bond donors (Lipinski definition) is 1. The predicted octanol–water partition coefficient (Wildman–Crippen LogP) is 0.0183. The molecule has 8 nitrogen and oxygen atoms in total. The van der Waals surface area contributed by atoms with E-state index < -0.39 is 16.1 Å². The van der Waals surface area contributed by atoms with Crippen molar-refractivity contribution in [1.29, 1.82) is 0 Å². The Balaban J connectivity index is 1.79. The first-order valence-electron chi connectivity index (χ1n) is 7.15. The van der Waals surface area contributed by atoms with Crippen molar-refractivity contribution in [3.05, 3.63) is 29.8 Å². The first-order valence-corrected chi connectivity index (χ1v) is 8.59. The molecule has 1 N–H and O–H groups in total. The summed E-state index contributed by atoms with van der Waals surface area (Å²) in [4.78, 5) is 23.5. The Hall–Kier alpha value is -2.42. The molecule has 2 heterocycles. The highest BCUT2D eigenvalue weighted by Gasteiger charge is 2.32. The van der Waals surface area contributed by atoms with Crippen LogP contribution in [0.15, 0.2) is 29.4 Å². The number of rotatable bonds is 3. The number of benzene rings is 1. The summed E-state index contributed by atoms with van der Waals surface area (Å²) in [5.74, 6) is -1.01. The van der Waals surface area contributed by atoms with Gasteiger partial charge in [0.25, 0.3) is 5.91 Å². The third-order valence-electron chi connectivity index (χ3n) is 3.83. The zero-order valence-corrected chi connectivity index (χ0v) is 13.3. The number of carbonyl (C=O) groups is 2. The van der Waals surface area contributed by atoms with Gasteiger partial charge in [0.1, 0.15) is 5.71 Å². The second-order valence-electron chi connectivity index (χ2n) is 5.35. The average Bonchev–Trinajstić information content (AvgIpc) is 2.94. The van der Waals surface area contributed by atoms with E-state index in [0.717, 1.165) is 10.6 Å². The maximum atomic E-state index is 12.5. The molecule has 0 aliphatic carbocycles. The monoisotopic (exact) mass is 336 g/mol. The minimum Gasteiger partial charge on any atom is -0.273 e. The van der Waals surface area contributed by atoms with E-state index in [4.69, 9.17) is 0 Å². The summed E-state index contributed by atoms with van der Waals surface area (Å²) in [6, 6.07) is 7.16. The van der Waals surface area contributed by atoms with Gasteiger partial charge in [-0.1, -0.05) is 18.2 Å². The number of para-hydroxylation sites is 1. The van der Waals surface area contributed by atoms with E-state index in [-0.39, 0.29) is 31.0 Å². The zero-order valence-electron chi connectivity index (χ0n) is 12.5. The molecule has 1 aromatic rings. The van der Waals surface area contributed by atoms with Crippen molar-refractivity contribution in [3.63, 3.8) is 0 Å². The summed E-state index contributed by atoms with van der Waals surface area (Å²) in [5.41, 5.74) is 1.53. The van der Waals surface area contributed by atoms with Gasteiger partial charge in [-0.05, 0) is 18.1 Å². The molecule has 1 aromatic carbocycles. The van der Waals surface area contributed by atoms with E-state index in [9.17, 15) is 18.0 Å². The minimum atomic E-state index is -4.00. The van der Waals surface area contributed by atoms with Crippen molar-refractivity contribution in [2.75, 3.05) is 17.9 Å². The van der Waals surface area contributed by atoms with Crippen LogP contribution in [0.2, 0.25) is 0 Å². The van der Waals surface area contributed by atoms with Crippen LogP contribution in [0.5, 0.6) is 0 Å². The molecule has 0 bridgehead atoms. The van der Waals surface area contributed by atoms with Crippen LogP contribution >= 0.6 is 0 Å². The molecule has 2 amide bonds. The van der Waals surface area contributed by atoms with Crippen molar-refractivity contribution in [1.82, 2.24) is 9.73 Å². The molecule has 2 aliphatic heterocycles. The number of anilines is 1. The SMILES string of the molecule is CN1N=C(C(=O)NS(=O)(=O)N2CCc3ccccc32)CCC1=O. The third kappa shape index (κ3) is 2.91. The summed E-state index contributed by atoms with van der Waals surface area (Å²) < 4.78 is 28.1. The summed E-state index contributed by atoms with van der Waals surface area (Å²) in [7, 11) is -2.57. The molecule has 9 heteroatoms. The maximum absolute atomic E-state index is 12.5. The van der Waals surface area contributed by atoms with Crippen molar-refractivity contribution < 1.29 is 18.0 Å². The maximum Gasteiger partial charge on any atom is 0.326 e. The third-order valence-corrected chi connectivity index (χ3v) is 5.23. The fraction of sp³-hybridized carbons (Fsp3) is 0.357. The molecule has 0 spiro atoms. The van der Waals surface area contributed by atoms with Crippen LogP contribution in [-0.2, 0) is 26.2 Å². The lowest BCUT2D eigenvalue weighted by Gasteiger charge is -2.22. The summed E-state index contributed by atoms with van der Waals surface area (Å²) in [6.45, 7) is 0.285. The standard InChI is InChI=1S/C14H16N4O4S/c1-17-13(19)7-6-11(15-17)14(20)16-23(21,22)18-9-8-10-4-2-3-5-12(10)18/h2-5H,6-9H2,1H3,(H,16,20). The van der Waals surface area contributed by atoms with Crippen LogP contribution in [0, 0.1) is 0 Å². The molecule has 0 atom stereocenters. The molecule has 0 fully saturated rings. The fourth-order valence-corrected chi connectivity index (χ4v) is 3.85. The van der Waals surface area contributed by atoms with Crippen LogP contribution in [0.25, 0.3) is 0 Å². The highest BCUT2D eigenvalue weighted by molar-refractivity contribution is 7.91. The Kier molecular flexibility index (Phi) is 3.80. The molecule has 23 heavy (non-hydrogen) atoms. The number of hydrogen-bond acceptors (Lipinski definition) is 5. The van der Waals surface area contributed by atoms with Gasteiger partial charge in [-0.25, -0.2) is 9.73 Å². The van der Waals surface area contributed by atoms with Crippen molar-refractivity contribution in [2.45, 2.75) is 19.3 Å². The van der Waals surface area contributed by atoms with E-state index in [1.807, 2.05) is 16.9 Å². The van der Waals surface area contributed by atoms with Crippen LogP contribution in [0.3, 0.4) is 0 Å². The summed E-state index contributed by atoms with van der Waals surface area (Å²) >= 11 is 0. The average molecular weight is 336 g/mol. The van der Waals surface area contributed by atoms with Gasteiger partial charge in [0.05, 0.1) is 5.69 Å². The van der Waals surface area contributed by atoms with E-state index in [1.165, 1.54) is 11.4 Å². The molecule has 0 aromatic heterocycles. The quantitative estimate of drug-likeness (QED) is 0.841. The van der Waals surface area contributed by atoms with Gasteiger partial charge >= 0.3 is 10.2 Å². The van der Waals surface area contributed by atoms with Gasteiger partial charge in [-0.2, -0.15) is 13.5 Å². The largest absolute Gasteiger partial charge is 0.326 e. The summed E-state index contributed by atoms with van der Waals surface area (Å²) in [5, 5.41) is 4.88. The Labute approximate surface area is 133 Å². The topological polar surface area (TPSA) is 99.2 Å². The fourth-order valence-electron chi connectivity index (χ4n) is 2.62. The lowest BCUT2D eigenvalue weighted by Crippen LogP contribution is -2.46. The number of fused-ring (bicyclic) bond motifs is 1. The Morgan fingerprint density at radius 2 is 1.96 bits per heavy atom. The highest BCUT2D eigenvalue weighted by Crippen LogP contribution is 2.29. The highest BCUT2D eigenvalue weighted by atomic mass is 32.2. The zero-order chi connectivity index (χ0) is 16.6. The van der Waals surface area contributed by atoms with Crippen molar-refractivity contribution >= 4 is 33.4 Å². The molecule has 0 saturated carbocycles. The number of hydrazone groups is 1. The van der Waals surface area contributed by atoms with Gasteiger partial charge in [-0.3, -0.25) is 13.9 Å². The van der Waals surface area contributed by atoms with E-state index in [2.05, 4.69) is 5.10 Å². The van der Waals surface area contributed by atoms with Gasteiger partial charge in [-0.15, -0.1) is 0 Å². The Morgan fingerprint density at radius 3 is 2.70 bits per heavy atom. The predicted molar refractivity (Wildman–Crippen MR) is 84.0 cm³/mol. The van der Waals surface area contributed by atoms with E-state index in [0.29, 0.717) is 12.1 Å². The normalized spacial score (nSPS) is 17.8. The number of nitrogens with zero attached hydrogens (tertiary/aromatic N) is 3. The lowest BCUT2D eigenvalue weighted by atomic mass is 10.1. The second-order valence-corrected chi connectivity index (χ2v) is 6.95. The molecular formula is C14H16N4O4S. The van der Waals surface area contributed by atoms with E-state index in [1.54, 1.807) is 12.1 Å². The first-order chi connectivity index (χ1) is 10.9. The first kappa shape index (κ1) is 15.5. The molecule has 122 valence electrons. The van der Waals surface area contributed by atoms with Crippen molar-refractivity contribution in [2.24, 2.45) is 5.10 Å². The minimum absolute atomic E-state index is 0.0307. The number of nitrogens with one attached hydrogen (secondary N) is 1. The number of carbonyl (C=O) groups excluding carboxylic acids is 2. The number of amides is 2. The Bertz CT molecular complexity index is 803. The second kappa shape index (κ2) is 5.65.